The van der Waals surface area contributed by atoms with Crippen molar-refractivity contribution in [3.05, 3.63) is 48.5 Å². The highest BCUT2D eigenvalue weighted by molar-refractivity contribution is 7.92. The maximum Gasteiger partial charge on any atom is 0.262 e. The molecule has 0 radical (unpaired) electrons. The van der Waals surface area contributed by atoms with Crippen molar-refractivity contribution < 1.29 is 13.2 Å². The van der Waals surface area contributed by atoms with Gasteiger partial charge in [-0.2, -0.15) is 0 Å². The Hall–Kier alpha value is -2.32. The molecule has 6 nitrogen and oxygen atoms in total. The first-order valence-corrected chi connectivity index (χ1v) is 11.2. The van der Waals surface area contributed by atoms with Crippen LogP contribution in [-0.4, -0.2) is 26.7 Å². The molecule has 0 spiro atoms. The Morgan fingerprint density at radius 3 is 2.39 bits per heavy atom. The molecule has 1 fully saturated rings. The van der Waals surface area contributed by atoms with E-state index in [1.54, 1.807) is 48.5 Å². The smallest absolute Gasteiger partial charge is 0.262 e. The lowest BCUT2D eigenvalue weighted by Gasteiger charge is -2.24. The fourth-order valence-electron chi connectivity index (χ4n) is 3.25. The zero-order chi connectivity index (χ0) is 20.0. The summed E-state index contributed by atoms with van der Waals surface area (Å²) in [6, 6.07) is 13.8. The van der Waals surface area contributed by atoms with Gasteiger partial charge in [0.25, 0.3) is 10.0 Å². The summed E-state index contributed by atoms with van der Waals surface area (Å²) in [6.45, 7) is 0. The lowest BCUT2D eigenvalue weighted by atomic mass is 9.96. The molecule has 1 saturated carbocycles. The van der Waals surface area contributed by atoms with Crippen molar-refractivity contribution in [3.8, 4) is 5.75 Å². The zero-order valence-electron chi connectivity index (χ0n) is 15.8. The van der Waals surface area contributed by atoms with Crippen LogP contribution in [0.25, 0.3) is 0 Å². The maximum absolute atomic E-state index is 12.6. The highest BCUT2D eigenvalue weighted by atomic mass is 32.2. The quantitative estimate of drug-likeness (QED) is 0.612. The van der Waals surface area contributed by atoms with Gasteiger partial charge in [0.2, 0.25) is 0 Å². The fraction of sp³-hybridized carbons (Fsp3) is 0.350. The van der Waals surface area contributed by atoms with Crippen LogP contribution in [0.2, 0.25) is 0 Å². The van der Waals surface area contributed by atoms with Crippen LogP contribution in [-0.2, 0) is 10.0 Å². The number of thiocarbonyl (C=S) groups is 1. The van der Waals surface area contributed by atoms with Crippen molar-refractivity contribution >= 4 is 38.7 Å². The van der Waals surface area contributed by atoms with Gasteiger partial charge in [-0.15, -0.1) is 0 Å². The minimum Gasteiger partial charge on any atom is -0.495 e. The number of para-hydroxylation sites is 2. The number of ether oxygens (including phenoxy) is 1. The molecule has 150 valence electrons. The van der Waals surface area contributed by atoms with Gasteiger partial charge in [-0.05, 0) is 61.5 Å². The lowest BCUT2D eigenvalue weighted by Crippen LogP contribution is -2.38. The third kappa shape index (κ3) is 5.36. The molecule has 0 heterocycles. The summed E-state index contributed by atoms with van der Waals surface area (Å²) in [6.07, 6.45) is 6.01. The van der Waals surface area contributed by atoms with E-state index in [4.69, 9.17) is 17.0 Å². The van der Waals surface area contributed by atoms with Crippen LogP contribution in [0.15, 0.2) is 53.4 Å². The largest absolute Gasteiger partial charge is 0.495 e. The third-order valence-electron chi connectivity index (χ3n) is 4.71. The second-order valence-corrected chi connectivity index (χ2v) is 8.85. The third-order valence-corrected chi connectivity index (χ3v) is 6.32. The Morgan fingerprint density at radius 1 is 1.04 bits per heavy atom. The number of methoxy groups -OCH3 is 1. The van der Waals surface area contributed by atoms with Gasteiger partial charge in [-0.25, -0.2) is 8.42 Å². The number of benzene rings is 2. The van der Waals surface area contributed by atoms with Crippen molar-refractivity contribution in [2.75, 3.05) is 17.1 Å². The monoisotopic (exact) mass is 419 g/mol. The maximum atomic E-state index is 12.6. The highest BCUT2D eigenvalue weighted by Crippen LogP contribution is 2.26. The summed E-state index contributed by atoms with van der Waals surface area (Å²) < 4.78 is 33.0. The van der Waals surface area contributed by atoms with Gasteiger partial charge in [-0.3, -0.25) is 4.72 Å². The molecule has 28 heavy (non-hydrogen) atoms. The average Bonchev–Trinajstić information content (AvgIpc) is 2.69. The van der Waals surface area contributed by atoms with E-state index >= 15 is 0 Å². The average molecular weight is 420 g/mol. The van der Waals surface area contributed by atoms with Gasteiger partial charge in [0.15, 0.2) is 5.11 Å². The first-order valence-electron chi connectivity index (χ1n) is 9.31. The molecule has 0 aromatic heterocycles. The van der Waals surface area contributed by atoms with E-state index in [1.165, 1.54) is 26.4 Å². The van der Waals surface area contributed by atoms with Crippen LogP contribution >= 0.6 is 12.2 Å². The molecule has 3 N–H and O–H groups in total. The summed E-state index contributed by atoms with van der Waals surface area (Å²) in [5.74, 6) is 0.462. The first-order chi connectivity index (χ1) is 13.5. The van der Waals surface area contributed by atoms with E-state index < -0.39 is 10.0 Å². The van der Waals surface area contributed by atoms with E-state index in [9.17, 15) is 8.42 Å². The van der Waals surface area contributed by atoms with Gasteiger partial charge in [0.1, 0.15) is 5.75 Å². The van der Waals surface area contributed by atoms with E-state index in [1.807, 2.05) is 0 Å². The second kappa shape index (κ2) is 9.25. The van der Waals surface area contributed by atoms with Crippen molar-refractivity contribution in [1.82, 2.24) is 5.32 Å². The lowest BCUT2D eigenvalue weighted by molar-refractivity contribution is 0.415. The van der Waals surface area contributed by atoms with Crippen LogP contribution in [0.4, 0.5) is 11.4 Å². The van der Waals surface area contributed by atoms with Crippen LogP contribution < -0.4 is 20.1 Å². The number of hydrogen-bond donors (Lipinski definition) is 3. The van der Waals surface area contributed by atoms with Crippen molar-refractivity contribution in [2.45, 2.75) is 43.0 Å². The fourth-order valence-corrected chi connectivity index (χ4v) is 4.60. The normalized spacial score (nSPS) is 14.9. The van der Waals surface area contributed by atoms with E-state index in [0.29, 0.717) is 22.6 Å². The minimum atomic E-state index is -3.72. The van der Waals surface area contributed by atoms with Gasteiger partial charge in [-0.1, -0.05) is 31.4 Å². The molecule has 1 aliphatic carbocycles. The summed E-state index contributed by atoms with van der Waals surface area (Å²) >= 11 is 5.37. The van der Waals surface area contributed by atoms with Crippen LogP contribution in [0.1, 0.15) is 32.1 Å². The van der Waals surface area contributed by atoms with Gasteiger partial charge in [0, 0.05) is 11.7 Å². The zero-order valence-corrected chi connectivity index (χ0v) is 17.4. The molecule has 2 aromatic rings. The molecule has 0 bridgehead atoms. The SMILES string of the molecule is COc1ccccc1NS(=O)(=O)c1ccc(NC(=S)NC2CCCCC2)cc1. The Labute approximate surface area is 171 Å². The molecule has 0 aliphatic heterocycles. The highest BCUT2D eigenvalue weighted by Gasteiger charge is 2.17. The van der Waals surface area contributed by atoms with E-state index in [-0.39, 0.29) is 4.90 Å². The Balaban J connectivity index is 1.63. The summed E-state index contributed by atoms with van der Waals surface area (Å²) in [7, 11) is -2.22. The number of hydrogen-bond acceptors (Lipinski definition) is 4. The molecule has 0 unspecified atom stereocenters. The molecular formula is C20H25N3O3S2. The van der Waals surface area contributed by atoms with Crippen LogP contribution in [0, 0.1) is 0 Å². The number of nitrogens with one attached hydrogen (secondary N) is 3. The van der Waals surface area contributed by atoms with Crippen molar-refractivity contribution in [2.24, 2.45) is 0 Å². The van der Waals surface area contributed by atoms with Crippen LogP contribution in [0.3, 0.4) is 0 Å². The topological polar surface area (TPSA) is 79.5 Å². The van der Waals surface area contributed by atoms with Crippen molar-refractivity contribution in [3.63, 3.8) is 0 Å². The molecular weight excluding hydrogens is 394 g/mol. The number of rotatable bonds is 6. The minimum absolute atomic E-state index is 0.162. The van der Waals surface area contributed by atoms with Gasteiger partial charge in [0.05, 0.1) is 17.7 Å². The van der Waals surface area contributed by atoms with E-state index in [2.05, 4.69) is 15.4 Å². The van der Waals surface area contributed by atoms with Gasteiger partial charge >= 0.3 is 0 Å². The second-order valence-electron chi connectivity index (χ2n) is 6.76. The van der Waals surface area contributed by atoms with Crippen molar-refractivity contribution in [1.29, 1.82) is 0 Å². The molecule has 0 amide bonds. The predicted molar refractivity (Wildman–Crippen MR) is 116 cm³/mol. The molecule has 0 saturated heterocycles. The van der Waals surface area contributed by atoms with E-state index in [0.717, 1.165) is 18.5 Å². The summed E-state index contributed by atoms with van der Waals surface area (Å²) in [4.78, 5) is 0.162. The van der Waals surface area contributed by atoms with Crippen LogP contribution in [0.5, 0.6) is 5.75 Å². The number of sulfonamides is 1. The standard InChI is InChI=1S/C20H25N3O3S2/c1-26-19-10-6-5-9-18(19)23-28(24,25)17-13-11-16(12-14-17)22-20(27)21-15-7-3-2-4-8-15/h5-6,9-15,23H,2-4,7-8H2,1H3,(H2,21,22,27). The number of anilines is 2. The Bertz CT molecular complexity index is 909. The van der Waals surface area contributed by atoms with Gasteiger partial charge < -0.3 is 15.4 Å². The Kier molecular flexibility index (Phi) is 6.74. The molecule has 8 heteroatoms. The first kappa shape index (κ1) is 20.4. The Morgan fingerprint density at radius 2 is 1.71 bits per heavy atom. The molecule has 2 aromatic carbocycles. The summed E-state index contributed by atoms with van der Waals surface area (Å²) in [5, 5.41) is 7.02. The molecule has 0 atom stereocenters. The predicted octanol–water partition coefficient (Wildman–Crippen LogP) is 4.12. The molecule has 3 rings (SSSR count). The summed E-state index contributed by atoms with van der Waals surface area (Å²) in [5.41, 5.74) is 1.13. The molecule has 1 aliphatic rings.